The highest BCUT2D eigenvalue weighted by Gasteiger charge is 2.31. The van der Waals surface area contributed by atoms with Gasteiger partial charge >= 0.3 is 0 Å². The Balaban J connectivity index is 1.98. The number of aliphatic hydroxyl groups is 1. The van der Waals surface area contributed by atoms with Crippen molar-refractivity contribution in [3.8, 4) is 0 Å². The molecule has 1 N–H and O–H groups in total. The number of aliphatic hydroxyl groups excluding tert-OH is 1. The molecule has 0 unspecified atom stereocenters. The van der Waals surface area contributed by atoms with E-state index in [1.165, 1.54) is 5.30 Å². The van der Waals surface area contributed by atoms with Crippen LogP contribution in [0.5, 0.6) is 0 Å². The molecule has 1 aliphatic rings. The third-order valence-corrected chi connectivity index (χ3v) is 5.81. The molecule has 2 aromatic carbocycles. The standard InChI is InChI=1S/C16H17O2P/c17-16-11-15(13-7-3-1-4-8-13)19(12-18-16)14-9-5-2-6-10-14/h1-10,15-17H,11-12H2/t15-,16+,19+/m0/s1/i11D,17D/t11-,15+,16-,19-/m1. The molecule has 0 amide bonds. The van der Waals surface area contributed by atoms with Gasteiger partial charge in [-0.05, 0) is 18.8 Å². The van der Waals surface area contributed by atoms with E-state index in [1.54, 1.807) is 0 Å². The molecule has 0 radical (unpaired) electrons. The van der Waals surface area contributed by atoms with Crippen molar-refractivity contribution in [2.75, 3.05) is 6.35 Å². The van der Waals surface area contributed by atoms with Crippen molar-refractivity contribution < 1.29 is 11.2 Å². The Morgan fingerprint density at radius 3 is 2.47 bits per heavy atom. The molecule has 0 saturated carbocycles. The predicted octanol–water partition coefficient (Wildman–Crippen LogP) is 3.23. The number of hydrogen-bond donors (Lipinski definition) is 1. The average molecular weight is 274 g/mol. The van der Waals surface area contributed by atoms with Crippen LogP contribution >= 0.6 is 7.92 Å². The molecule has 98 valence electrons. The van der Waals surface area contributed by atoms with Gasteiger partial charge in [-0.3, -0.25) is 0 Å². The summed E-state index contributed by atoms with van der Waals surface area (Å²) in [7, 11) is -0.651. The quantitative estimate of drug-likeness (QED) is 0.871. The normalized spacial score (nSPS) is 32.4. The Morgan fingerprint density at radius 2 is 1.79 bits per heavy atom. The first-order valence-corrected chi connectivity index (χ1v) is 7.93. The summed E-state index contributed by atoms with van der Waals surface area (Å²) >= 11 is 0. The molecule has 2 aromatic rings. The summed E-state index contributed by atoms with van der Waals surface area (Å²) in [6.07, 6.45) is -0.847. The maximum Gasteiger partial charge on any atom is 0.213 e. The largest absolute Gasteiger partial charge is 0.368 e. The highest BCUT2D eigenvalue weighted by molar-refractivity contribution is 7.65. The summed E-state index contributed by atoms with van der Waals surface area (Å²) in [5, 5.41) is 5.81. The summed E-state index contributed by atoms with van der Waals surface area (Å²) in [6.45, 7) is 0. The molecule has 1 aliphatic heterocycles. The Morgan fingerprint density at radius 1 is 1.11 bits per heavy atom. The van der Waals surface area contributed by atoms with Crippen molar-refractivity contribution in [3.63, 3.8) is 0 Å². The number of rotatable bonds is 3. The highest BCUT2D eigenvalue weighted by Crippen LogP contribution is 2.55. The van der Waals surface area contributed by atoms with E-state index in [0.717, 1.165) is 5.56 Å². The Bertz CT molecular complexity index is 567. The van der Waals surface area contributed by atoms with E-state index < -0.39 is 20.6 Å². The first-order valence-electron chi connectivity index (χ1n) is 7.32. The molecule has 0 aromatic heterocycles. The topological polar surface area (TPSA) is 29.5 Å². The lowest BCUT2D eigenvalue weighted by atomic mass is 10.1. The van der Waals surface area contributed by atoms with Gasteiger partial charge in [0.05, 0.1) is 6.35 Å². The first-order chi connectivity index (χ1) is 10.3. The zero-order valence-electron chi connectivity index (χ0n) is 12.5. The van der Waals surface area contributed by atoms with Crippen LogP contribution in [0.15, 0.2) is 60.7 Å². The molecule has 3 heteroatoms. The zero-order chi connectivity index (χ0) is 14.7. The van der Waals surface area contributed by atoms with Gasteiger partial charge in [-0.15, -0.1) is 0 Å². The van der Waals surface area contributed by atoms with Crippen molar-refractivity contribution in [2.45, 2.75) is 18.3 Å². The molecule has 4 atom stereocenters. The molecule has 1 heterocycles. The number of hydrogen-bond acceptors (Lipinski definition) is 2. The summed E-state index contributed by atoms with van der Waals surface area (Å²) in [4.78, 5) is 0. The van der Waals surface area contributed by atoms with Crippen molar-refractivity contribution in [1.82, 2.24) is 0 Å². The Kier molecular flexibility index (Phi) is 3.24. The fourth-order valence-electron chi connectivity index (χ4n) is 2.34. The molecule has 0 aliphatic carbocycles. The molecular weight excluding hydrogens is 255 g/mol. The molecule has 2 nitrogen and oxygen atoms in total. The van der Waals surface area contributed by atoms with Crippen LogP contribution in [0, 0.1) is 0 Å². The minimum atomic E-state index is -0.780. The minimum Gasteiger partial charge on any atom is -0.368 e. The van der Waals surface area contributed by atoms with E-state index in [-0.39, 0.29) is 5.66 Å². The number of ether oxygens (including phenoxy) is 1. The molecule has 19 heavy (non-hydrogen) atoms. The van der Waals surface area contributed by atoms with Gasteiger partial charge in [-0.25, -0.2) is 0 Å². The van der Waals surface area contributed by atoms with E-state index in [2.05, 4.69) is 29.4 Å². The molecule has 3 rings (SSSR count). The fourth-order valence-corrected chi connectivity index (χ4v) is 4.71. The second-order valence-electron chi connectivity index (χ2n) is 4.52. The van der Waals surface area contributed by atoms with Crippen molar-refractivity contribution in [1.29, 1.82) is 1.43 Å². The summed E-state index contributed by atoms with van der Waals surface area (Å²) < 4.78 is 21.2. The van der Waals surface area contributed by atoms with Gasteiger partial charge in [0.2, 0.25) is 1.43 Å². The van der Waals surface area contributed by atoms with Crippen LogP contribution in [0.1, 0.15) is 19.0 Å². The maximum atomic E-state index is 8.45. The lowest BCUT2D eigenvalue weighted by Gasteiger charge is -2.35. The lowest BCUT2D eigenvalue weighted by Crippen LogP contribution is -2.26. The molecule has 0 bridgehead atoms. The van der Waals surface area contributed by atoms with E-state index >= 15 is 0 Å². The van der Waals surface area contributed by atoms with E-state index in [4.69, 9.17) is 7.54 Å². The van der Waals surface area contributed by atoms with Crippen LogP contribution in [0.4, 0.5) is 0 Å². The van der Waals surface area contributed by atoms with Gasteiger partial charge in [-0.2, -0.15) is 0 Å². The third kappa shape index (κ3) is 2.87. The third-order valence-electron chi connectivity index (χ3n) is 3.28. The monoisotopic (exact) mass is 274 g/mol. The highest BCUT2D eigenvalue weighted by atomic mass is 31.1. The average Bonchev–Trinajstić information content (AvgIpc) is 2.56. The van der Waals surface area contributed by atoms with Gasteiger partial charge in [0, 0.05) is 13.4 Å². The van der Waals surface area contributed by atoms with Gasteiger partial charge in [0.15, 0.2) is 6.29 Å². The van der Waals surface area contributed by atoms with Crippen molar-refractivity contribution in [3.05, 3.63) is 66.2 Å². The predicted molar refractivity (Wildman–Crippen MR) is 78.8 cm³/mol. The van der Waals surface area contributed by atoms with Crippen LogP contribution in [0.2, 0.25) is 0 Å². The smallest absolute Gasteiger partial charge is 0.213 e. The second kappa shape index (κ2) is 5.83. The first kappa shape index (κ1) is 10.6. The van der Waals surface area contributed by atoms with Crippen molar-refractivity contribution >= 4 is 13.2 Å². The Labute approximate surface area is 117 Å². The van der Waals surface area contributed by atoms with E-state index in [1.807, 2.05) is 36.4 Å². The molecular formula is C16H17O2P. The van der Waals surface area contributed by atoms with Gasteiger partial charge in [0.25, 0.3) is 0 Å². The molecule has 1 saturated heterocycles. The molecule has 1 fully saturated rings. The van der Waals surface area contributed by atoms with Crippen LogP contribution < -0.4 is 5.30 Å². The van der Waals surface area contributed by atoms with Crippen LogP contribution in [-0.2, 0) is 4.74 Å². The fraction of sp³-hybridized carbons (Fsp3) is 0.250. The van der Waals surface area contributed by atoms with Crippen LogP contribution in [0.3, 0.4) is 0 Å². The summed E-state index contributed by atoms with van der Waals surface area (Å²) in [5.41, 5.74) is 1.14. The van der Waals surface area contributed by atoms with Gasteiger partial charge < -0.3 is 9.85 Å². The van der Waals surface area contributed by atoms with E-state index in [9.17, 15) is 0 Å². The lowest BCUT2D eigenvalue weighted by molar-refractivity contribution is -0.0928. The maximum absolute atomic E-state index is 8.45. The minimum absolute atomic E-state index is 0.0210. The number of benzene rings is 2. The SMILES string of the molecule is [2H]O[C@@H]1OC[P@](c2ccccc2)[C@H](c2ccccc2)[C@H]1[2H]. The van der Waals surface area contributed by atoms with Crippen molar-refractivity contribution in [2.24, 2.45) is 0 Å². The van der Waals surface area contributed by atoms with Gasteiger partial charge in [-0.1, -0.05) is 60.7 Å². The zero-order valence-corrected chi connectivity index (χ0v) is 11.4. The van der Waals surface area contributed by atoms with E-state index in [0.29, 0.717) is 6.35 Å². The molecule has 0 spiro atoms. The Hall–Kier alpha value is -1.21. The van der Waals surface area contributed by atoms with Crippen LogP contribution in [-0.4, -0.2) is 19.2 Å². The second-order valence-corrected chi connectivity index (χ2v) is 6.79. The summed E-state index contributed by atoms with van der Waals surface area (Å²) in [5.74, 6) is 0. The van der Waals surface area contributed by atoms with Gasteiger partial charge in [0.1, 0.15) is 0 Å². The summed E-state index contributed by atoms with van der Waals surface area (Å²) in [6, 6.07) is 20.3. The van der Waals surface area contributed by atoms with Crippen LogP contribution in [0.25, 0.3) is 0 Å².